The van der Waals surface area contributed by atoms with Crippen LogP contribution in [0.1, 0.15) is 19.4 Å². The molecule has 0 amide bonds. The summed E-state index contributed by atoms with van der Waals surface area (Å²) in [6.07, 6.45) is -0.280. The van der Waals surface area contributed by atoms with Gasteiger partial charge in [-0.25, -0.2) is 13.4 Å². The van der Waals surface area contributed by atoms with Gasteiger partial charge >= 0.3 is 0 Å². The van der Waals surface area contributed by atoms with Crippen molar-refractivity contribution in [3.63, 3.8) is 0 Å². The molecule has 2 heterocycles. The highest BCUT2D eigenvalue weighted by Gasteiger charge is 2.32. The van der Waals surface area contributed by atoms with Crippen molar-refractivity contribution >= 4 is 27.0 Å². The molecule has 1 aromatic heterocycles. The van der Waals surface area contributed by atoms with Crippen molar-refractivity contribution in [2.75, 3.05) is 13.1 Å². The van der Waals surface area contributed by atoms with Crippen LogP contribution >= 0.6 is 11.3 Å². The zero-order valence-corrected chi connectivity index (χ0v) is 22.0. The molecule has 6 nitrogen and oxygen atoms in total. The number of hydrogen-bond acceptors (Lipinski definition) is 5. The number of aromatic nitrogens is 1. The van der Waals surface area contributed by atoms with Crippen molar-refractivity contribution in [1.29, 1.82) is 0 Å². The molecule has 1 fully saturated rings. The Labute approximate surface area is 216 Å². The average Bonchev–Trinajstić information content (AvgIpc) is 3.26. The first-order valence-electron chi connectivity index (χ1n) is 12.0. The third-order valence-corrected chi connectivity index (χ3v) is 8.81. The summed E-state index contributed by atoms with van der Waals surface area (Å²) in [4.78, 5) is 6.03. The first kappa shape index (κ1) is 24.6. The fourth-order valence-electron chi connectivity index (χ4n) is 4.47. The molecule has 1 aliphatic heterocycles. The number of ether oxygens (including phenoxy) is 1. The van der Waals surface area contributed by atoms with Gasteiger partial charge in [-0.15, -0.1) is 11.3 Å². The average molecular weight is 520 g/mol. The van der Waals surface area contributed by atoms with E-state index >= 15 is 0 Å². The molecule has 0 N–H and O–H groups in total. The van der Waals surface area contributed by atoms with Crippen LogP contribution in [0, 0.1) is 0 Å². The molecule has 8 heteroatoms. The molecule has 3 aromatic carbocycles. The number of benzene rings is 3. The highest BCUT2D eigenvalue weighted by atomic mass is 32.2. The van der Waals surface area contributed by atoms with Crippen LogP contribution in [-0.2, 0) is 21.3 Å². The van der Waals surface area contributed by atoms with E-state index < -0.39 is 10.0 Å². The molecule has 0 radical (unpaired) electrons. The third-order valence-electron chi connectivity index (χ3n) is 6.12. The van der Waals surface area contributed by atoms with Crippen LogP contribution in [0.5, 0.6) is 0 Å². The van der Waals surface area contributed by atoms with Crippen LogP contribution in [0.2, 0.25) is 0 Å². The second-order valence-corrected chi connectivity index (χ2v) is 11.8. The summed E-state index contributed by atoms with van der Waals surface area (Å²) in [7, 11) is -3.65. The molecule has 0 bridgehead atoms. The van der Waals surface area contributed by atoms with Crippen LogP contribution in [0.15, 0.2) is 100 Å². The highest BCUT2D eigenvalue weighted by Crippen LogP contribution is 2.27. The van der Waals surface area contributed by atoms with E-state index in [9.17, 15) is 8.42 Å². The van der Waals surface area contributed by atoms with E-state index in [1.54, 1.807) is 23.5 Å². The van der Waals surface area contributed by atoms with Crippen molar-refractivity contribution in [1.82, 2.24) is 8.87 Å². The lowest BCUT2D eigenvalue weighted by molar-refractivity contribution is -0.0440. The van der Waals surface area contributed by atoms with Gasteiger partial charge in [0.15, 0.2) is 4.80 Å². The molecule has 4 aromatic rings. The normalized spacial score (nSPS) is 19.4. The topological polar surface area (TPSA) is 63.9 Å². The summed E-state index contributed by atoms with van der Waals surface area (Å²) in [6, 6.07) is 27.3. The standard InChI is InChI=1S/C28H29N3O3S2/c1-21-17-30(18-22(2)34-21)36(32,33)26-15-9-12-24(16-26)27-20-35-28(29-25-13-7-4-8-14-25)31(27)19-23-10-5-3-6-11-23/h3-16,20-22H,17-19H2,1-2H3. The third kappa shape index (κ3) is 5.37. The Morgan fingerprint density at radius 1 is 0.917 bits per heavy atom. The first-order valence-corrected chi connectivity index (χ1v) is 14.3. The Morgan fingerprint density at radius 3 is 2.28 bits per heavy atom. The van der Waals surface area contributed by atoms with E-state index in [0.717, 1.165) is 27.3 Å². The highest BCUT2D eigenvalue weighted by molar-refractivity contribution is 7.89. The SMILES string of the molecule is CC1CN(S(=O)(=O)c2cccc(-c3csc(=Nc4ccccc4)n3Cc3ccccc3)c2)CC(C)O1. The molecule has 0 aliphatic carbocycles. The summed E-state index contributed by atoms with van der Waals surface area (Å²) in [6.45, 7) is 5.14. The number of para-hydroxylation sites is 1. The Hall–Kier alpha value is -3.04. The maximum atomic E-state index is 13.5. The van der Waals surface area contributed by atoms with Gasteiger partial charge in [0, 0.05) is 24.0 Å². The van der Waals surface area contributed by atoms with Crippen molar-refractivity contribution < 1.29 is 13.2 Å². The second-order valence-electron chi connectivity index (χ2n) is 9.03. The molecule has 2 atom stereocenters. The van der Waals surface area contributed by atoms with Crippen molar-refractivity contribution in [2.45, 2.75) is 37.5 Å². The minimum absolute atomic E-state index is 0.140. The quantitative estimate of drug-likeness (QED) is 0.348. The Morgan fingerprint density at radius 2 is 1.58 bits per heavy atom. The van der Waals surface area contributed by atoms with Gasteiger partial charge in [-0.05, 0) is 43.7 Å². The van der Waals surface area contributed by atoms with Crippen molar-refractivity contribution in [3.8, 4) is 11.3 Å². The van der Waals surface area contributed by atoms with Gasteiger partial charge in [-0.2, -0.15) is 4.31 Å². The van der Waals surface area contributed by atoms with Crippen LogP contribution < -0.4 is 4.80 Å². The lowest BCUT2D eigenvalue weighted by Crippen LogP contribution is -2.48. The van der Waals surface area contributed by atoms with Gasteiger partial charge in [0.1, 0.15) is 0 Å². The summed E-state index contributed by atoms with van der Waals surface area (Å²) >= 11 is 1.55. The van der Waals surface area contributed by atoms with Gasteiger partial charge in [0.05, 0.1) is 35.0 Å². The molecule has 186 valence electrons. The molecule has 1 aliphatic rings. The Bertz CT molecular complexity index is 1490. The Kier molecular flexibility index (Phi) is 7.20. The molecule has 36 heavy (non-hydrogen) atoms. The zero-order valence-electron chi connectivity index (χ0n) is 20.3. The van der Waals surface area contributed by atoms with E-state index in [0.29, 0.717) is 24.5 Å². The monoisotopic (exact) mass is 519 g/mol. The van der Waals surface area contributed by atoms with E-state index in [4.69, 9.17) is 9.73 Å². The molecule has 1 saturated heterocycles. The van der Waals surface area contributed by atoms with Crippen LogP contribution in [0.4, 0.5) is 5.69 Å². The largest absolute Gasteiger partial charge is 0.373 e. The predicted molar refractivity (Wildman–Crippen MR) is 144 cm³/mol. The minimum atomic E-state index is -3.65. The summed E-state index contributed by atoms with van der Waals surface area (Å²) < 4.78 is 36.5. The van der Waals surface area contributed by atoms with Crippen LogP contribution in [-0.4, -0.2) is 42.6 Å². The Balaban J connectivity index is 1.57. The molecular formula is C28H29N3O3S2. The lowest BCUT2D eigenvalue weighted by Gasteiger charge is -2.34. The lowest BCUT2D eigenvalue weighted by atomic mass is 10.1. The number of morpholine rings is 1. The fraction of sp³-hybridized carbons (Fsp3) is 0.250. The molecular weight excluding hydrogens is 490 g/mol. The second kappa shape index (κ2) is 10.5. The summed E-state index contributed by atoms with van der Waals surface area (Å²) in [5.74, 6) is 0. The fourth-order valence-corrected chi connectivity index (χ4v) is 7.04. The number of rotatable bonds is 6. The zero-order chi connectivity index (χ0) is 25.1. The van der Waals surface area contributed by atoms with E-state index in [1.165, 1.54) is 4.31 Å². The molecule has 2 unspecified atom stereocenters. The number of hydrogen-bond donors (Lipinski definition) is 0. The van der Waals surface area contributed by atoms with Gasteiger partial charge in [0.2, 0.25) is 10.0 Å². The van der Waals surface area contributed by atoms with Crippen molar-refractivity contribution in [2.24, 2.45) is 4.99 Å². The van der Waals surface area contributed by atoms with E-state index in [2.05, 4.69) is 22.1 Å². The van der Waals surface area contributed by atoms with Crippen LogP contribution in [0.25, 0.3) is 11.3 Å². The number of nitrogens with zero attached hydrogens (tertiary/aromatic N) is 3. The van der Waals surface area contributed by atoms with Crippen molar-refractivity contribution in [3.05, 3.63) is 101 Å². The smallest absolute Gasteiger partial charge is 0.243 e. The van der Waals surface area contributed by atoms with Gasteiger partial charge < -0.3 is 9.30 Å². The van der Waals surface area contributed by atoms with Crippen LogP contribution in [0.3, 0.4) is 0 Å². The molecule has 0 spiro atoms. The van der Waals surface area contributed by atoms with E-state index in [-0.39, 0.29) is 12.2 Å². The first-order chi connectivity index (χ1) is 17.4. The minimum Gasteiger partial charge on any atom is -0.373 e. The number of sulfonamides is 1. The summed E-state index contributed by atoms with van der Waals surface area (Å²) in [5.41, 5.74) is 3.79. The van der Waals surface area contributed by atoms with E-state index in [1.807, 2.05) is 74.5 Å². The predicted octanol–water partition coefficient (Wildman–Crippen LogP) is 5.30. The maximum absolute atomic E-state index is 13.5. The van der Waals surface area contributed by atoms with Gasteiger partial charge in [-0.3, -0.25) is 0 Å². The van der Waals surface area contributed by atoms with Gasteiger partial charge in [0.25, 0.3) is 0 Å². The maximum Gasteiger partial charge on any atom is 0.243 e. The molecule has 5 rings (SSSR count). The number of thiazole rings is 1. The molecule has 0 saturated carbocycles. The van der Waals surface area contributed by atoms with Gasteiger partial charge in [-0.1, -0.05) is 60.7 Å². The summed E-state index contributed by atoms with van der Waals surface area (Å²) in [5, 5.41) is 2.05.